The Morgan fingerprint density at radius 1 is 1.23 bits per heavy atom. The summed E-state index contributed by atoms with van der Waals surface area (Å²) in [5.74, 6) is -0.512. The van der Waals surface area contributed by atoms with Crippen LogP contribution in [0.3, 0.4) is 0 Å². The number of ether oxygens (including phenoxy) is 1. The van der Waals surface area contributed by atoms with Gasteiger partial charge < -0.3 is 24.1 Å². The van der Waals surface area contributed by atoms with Crippen LogP contribution in [0.2, 0.25) is 0 Å². The molecule has 1 aromatic carbocycles. The van der Waals surface area contributed by atoms with Crippen molar-refractivity contribution in [2.75, 3.05) is 13.2 Å². The Hall–Kier alpha value is -2.97. The van der Waals surface area contributed by atoms with E-state index in [1.807, 2.05) is 31.3 Å². The Morgan fingerprint density at radius 3 is 2.57 bits per heavy atom. The first-order chi connectivity index (χ1) is 16.7. The number of aliphatic hydroxyl groups is 1. The Kier molecular flexibility index (Phi) is 7.42. The Bertz CT molecular complexity index is 1240. The van der Waals surface area contributed by atoms with E-state index in [1.165, 1.54) is 6.92 Å². The summed E-state index contributed by atoms with van der Waals surface area (Å²) in [7, 11) is 1.76. The van der Waals surface area contributed by atoms with Crippen molar-refractivity contribution in [3.8, 4) is 11.4 Å². The third-order valence-corrected chi connectivity index (χ3v) is 7.37. The zero-order valence-electron chi connectivity index (χ0n) is 20.9. The highest BCUT2D eigenvalue weighted by Crippen LogP contribution is 2.35. The van der Waals surface area contributed by atoms with Gasteiger partial charge >= 0.3 is 5.97 Å². The molecule has 1 saturated heterocycles. The van der Waals surface area contributed by atoms with E-state index in [2.05, 4.69) is 17.6 Å². The molecule has 4 rings (SSSR count). The topological polar surface area (TPSA) is 107 Å². The maximum atomic E-state index is 12.3. The molecular weight excluding hydrogens is 446 g/mol. The van der Waals surface area contributed by atoms with Crippen molar-refractivity contribution in [1.29, 1.82) is 0 Å². The Labute approximate surface area is 205 Å². The quantitative estimate of drug-likeness (QED) is 0.508. The van der Waals surface area contributed by atoms with Crippen LogP contribution in [0.5, 0.6) is 0 Å². The lowest BCUT2D eigenvalue weighted by molar-refractivity contribution is -0.145. The second-order valence-electron chi connectivity index (χ2n) is 9.87. The number of aliphatic hydroxyl groups excluding tert-OH is 1. The van der Waals surface area contributed by atoms with Gasteiger partial charge in [0.15, 0.2) is 0 Å². The van der Waals surface area contributed by atoms with Crippen molar-refractivity contribution in [2.24, 2.45) is 18.9 Å². The number of benzene rings is 1. The van der Waals surface area contributed by atoms with Gasteiger partial charge in [-0.25, -0.2) is 4.98 Å². The molecule has 0 bridgehead atoms. The van der Waals surface area contributed by atoms with Gasteiger partial charge in [0.05, 0.1) is 23.1 Å². The zero-order valence-corrected chi connectivity index (χ0v) is 20.9. The van der Waals surface area contributed by atoms with Crippen molar-refractivity contribution in [2.45, 2.75) is 58.6 Å². The van der Waals surface area contributed by atoms with E-state index < -0.39 is 18.0 Å². The molecule has 1 fully saturated rings. The maximum absolute atomic E-state index is 12.3. The molecule has 2 aromatic heterocycles. The van der Waals surface area contributed by atoms with Gasteiger partial charge in [-0.3, -0.25) is 9.59 Å². The van der Waals surface area contributed by atoms with Gasteiger partial charge in [0.2, 0.25) is 0 Å². The summed E-state index contributed by atoms with van der Waals surface area (Å²) in [6.07, 6.45) is 3.79. The Morgan fingerprint density at radius 2 is 1.94 bits per heavy atom. The highest BCUT2D eigenvalue weighted by atomic mass is 16.5. The number of aryl methyl sites for hydroxylation is 3. The molecule has 3 heterocycles. The van der Waals surface area contributed by atoms with Gasteiger partial charge in [-0.15, -0.1) is 0 Å². The molecule has 1 aliphatic rings. The molecule has 0 spiro atoms. The van der Waals surface area contributed by atoms with Gasteiger partial charge in [0.1, 0.15) is 5.82 Å². The largest absolute Gasteiger partial charge is 0.481 e. The molecule has 8 heteroatoms. The molecule has 2 N–H and O–H groups in total. The van der Waals surface area contributed by atoms with E-state index in [0.29, 0.717) is 24.3 Å². The predicted molar refractivity (Wildman–Crippen MR) is 135 cm³/mol. The molecule has 1 aliphatic heterocycles. The summed E-state index contributed by atoms with van der Waals surface area (Å²) in [6.45, 7) is 7.08. The summed E-state index contributed by atoms with van der Waals surface area (Å²) in [4.78, 5) is 28.8. The van der Waals surface area contributed by atoms with Gasteiger partial charge in [-0.2, -0.15) is 0 Å². The second-order valence-corrected chi connectivity index (χ2v) is 9.87. The van der Waals surface area contributed by atoms with E-state index in [1.54, 1.807) is 11.6 Å². The monoisotopic (exact) mass is 481 g/mol. The van der Waals surface area contributed by atoms with Gasteiger partial charge in [-0.05, 0) is 76.1 Å². The van der Waals surface area contributed by atoms with Crippen molar-refractivity contribution in [3.05, 3.63) is 51.9 Å². The molecule has 3 atom stereocenters. The number of carbonyl (C=O) groups is 1. The van der Waals surface area contributed by atoms with Crippen molar-refractivity contribution in [1.82, 2.24) is 14.1 Å². The lowest BCUT2D eigenvalue weighted by atomic mass is 9.92. The number of hydrogen-bond acceptors (Lipinski definition) is 5. The summed E-state index contributed by atoms with van der Waals surface area (Å²) < 4.78 is 9.47. The standard InChI is InChI=1S/C27H35N3O5/c1-16-13-21(15-29(4)26(16)32)25-28-23-14-19(5-7-22(18(3)31)27(33)34)6-8-24(23)30(25)17(2)20-9-11-35-12-10-20/h6,8,13-15,17-18,20,22,31H,5,7,9-12H2,1-4H3,(H,33,34)/t17?,18-,22+/m1/s1. The minimum atomic E-state index is -0.983. The lowest BCUT2D eigenvalue weighted by Crippen LogP contribution is -2.26. The van der Waals surface area contributed by atoms with Crippen LogP contribution in [0.25, 0.3) is 22.4 Å². The van der Waals surface area contributed by atoms with E-state index in [4.69, 9.17) is 9.72 Å². The predicted octanol–water partition coefficient (Wildman–Crippen LogP) is 3.71. The number of carboxylic acid groups (broad SMARTS) is 1. The number of nitrogens with zero attached hydrogens (tertiary/aromatic N) is 3. The van der Waals surface area contributed by atoms with Crippen LogP contribution in [-0.4, -0.2) is 49.6 Å². The van der Waals surface area contributed by atoms with Gasteiger partial charge in [0.25, 0.3) is 5.56 Å². The number of pyridine rings is 1. The van der Waals surface area contributed by atoms with Gasteiger partial charge in [0, 0.05) is 43.6 Å². The van der Waals surface area contributed by atoms with E-state index >= 15 is 0 Å². The molecule has 35 heavy (non-hydrogen) atoms. The number of imidazole rings is 1. The average molecular weight is 482 g/mol. The highest BCUT2D eigenvalue weighted by Gasteiger charge is 2.27. The van der Waals surface area contributed by atoms with Crippen LogP contribution in [0.4, 0.5) is 0 Å². The molecule has 3 aromatic rings. The number of hydrogen-bond donors (Lipinski definition) is 2. The molecule has 0 radical (unpaired) electrons. The molecule has 0 aliphatic carbocycles. The minimum absolute atomic E-state index is 0.0257. The summed E-state index contributed by atoms with van der Waals surface area (Å²) in [6, 6.07) is 8.19. The van der Waals surface area contributed by atoms with Crippen molar-refractivity contribution in [3.63, 3.8) is 0 Å². The number of aliphatic carboxylic acids is 1. The number of carboxylic acids is 1. The fraction of sp³-hybridized carbons (Fsp3) is 0.519. The summed E-state index contributed by atoms with van der Waals surface area (Å²) in [5.41, 5.74) is 4.37. The number of rotatable bonds is 8. The van der Waals surface area contributed by atoms with Crippen molar-refractivity contribution < 1.29 is 19.7 Å². The van der Waals surface area contributed by atoms with Gasteiger partial charge in [-0.1, -0.05) is 6.07 Å². The number of fused-ring (bicyclic) bond motifs is 1. The molecule has 1 unspecified atom stereocenters. The van der Waals surface area contributed by atoms with Crippen LogP contribution in [0.15, 0.2) is 35.3 Å². The first-order valence-electron chi connectivity index (χ1n) is 12.3. The lowest BCUT2D eigenvalue weighted by Gasteiger charge is -2.30. The van der Waals surface area contributed by atoms with E-state index in [-0.39, 0.29) is 11.6 Å². The van der Waals surface area contributed by atoms with Crippen LogP contribution >= 0.6 is 0 Å². The zero-order chi connectivity index (χ0) is 25.3. The molecular formula is C27H35N3O5. The van der Waals surface area contributed by atoms with Crippen LogP contribution in [0, 0.1) is 18.8 Å². The fourth-order valence-corrected chi connectivity index (χ4v) is 5.22. The molecule has 188 valence electrons. The SMILES string of the molecule is Cc1cc(-c2nc3cc(CC[C@H](C(=O)O)[C@@H](C)O)ccc3n2C(C)C2CCOCC2)cn(C)c1=O. The second kappa shape index (κ2) is 10.3. The maximum Gasteiger partial charge on any atom is 0.309 e. The van der Waals surface area contributed by atoms with Crippen LogP contribution in [0.1, 0.15) is 50.3 Å². The highest BCUT2D eigenvalue weighted by molar-refractivity contribution is 5.81. The van der Waals surface area contributed by atoms with E-state index in [0.717, 1.165) is 54.0 Å². The smallest absolute Gasteiger partial charge is 0.309 e. The minimum Gasteiger partial charge on any atom is -0.481 e. The first kappa shape index (κ1) is 25.1. The summed E-state index contributed by atoms with van der Waals surface area (Å²) in [5, 5.41) is 19.2. The molecule has 0 amide bonds. The van der Waals surface area contributed by atoms with E-state index in [9.17, 15) is 19.8 Å². The Balaban J connectivity index is 1.77. The number of aromatic nitrogens is 3. The normalized spacial score (nSPS) is 17.4. The third-order valence-electron chi connectivity index (χ3n) is 7.37. The first-order valence-corrected chi connectivity index (χ1v) is 12.3. The molecule has 0 saturated carbocycles. The summed E-state index contributed by atoms with van der Waals surface area (Å²) >= 11 is 0. The average Bonchev–Trinajstić information content (AvgIpc) is 3.20. The van der Waals surface area contributed by atoms with Crippen LogP contribution in [-0.2, 0) is 23.0 Å². The van der Waals surface area contributed by atoms with Crippen molar-refractivity contribution >= 4 is 17.0 Å². The van der Waals surface area contributed by atoms with Crippen LogP contribution < -0.4 is 5.56 Å². The molecule has 8 nitrogen and oxygen atoms in total. The fourth-order valence-electron chi connectivity index (χ4n) is 5.22. The third kappa shape index (κ3) is 5.18.